The third kappa shape index (κ3) is 2.35. The Labute approximate surface area is 61.0 Å². The molecule has 58 valence electrons. The highest BCUT2D eigenvalue weighted by atomic mass is 16.6. The summed E-state index contributed by atoms with van der Waals surface area (Å²) in [6, 6.07) is 0. The molecular weight excluding hydrogens is 130 g/mol. The highest BCUT2D eigenvalue weighted by Crippen LogP contribution is 2.09. The third-order valence-electron chi connectivity index (χ3n) is 1.48. The molecule has 3 nitrogen and oxygen atoms in total. The average Bonchev–Trinajstić information content (AvgIpc) is 2.03. The smallest absolute Gasteiger partial charge is 0.131 e. The van der Waals surface area contributed by atoms with E-state index in [0.717, 1.165) is 26.1 Å². The molecule has 0 saturated carbocycles. The van der Waals surface area contributed by atoms with Crippen molar-refractivity contribution in [2.75, 3.05) is 13.2 Å². The van der Waals surface area contributed by atoms with Gasteiger partial charge in [0, 0.05) is 19.1 Å². The molecule has 3 heteroatoms. The number of oxime groups is 1. The van der Waals surface area contributed by atoms with Gasteiger partial charge < -0.3 is 9.57 Å². The van der Waals surface area contributed by atoms with Crippen LogP contribution in [0.2, 0.25) is 0 Å². The Morgan fingerprint density at radius 3 is 2.80 bits per heavy atom. The number of rotatable bonds is 2. The molecule has 0 radical (unpaired) electrons. The van der Waals surface area contributed by atoms with Crippen LogP contribution >= 0.6 is 0 Å². The molecule has 0 aliphatic carbocycles. The van der Waals surface area contributed by atoms with Crippen LogP contribution < -0.4 is 0 Å². The molecule has 0 aromatic carbocycles. The lowest BCUT2D eigenvalue weighted by molar-refractivity contribution is -0.0295. The predicted molar refractivity (Wildman–Crippen MR) is 39.1 cm³/mol. The van der Waals surface area contributed by atoms with Gasteiger partial charge in [0.25, 0.3) is 0 Å². The first-order valence-electron chi connectivity index (χ1n) is 3.65. The van der Waals surface area contributed by atoms with E-state index in [0.29, 0.717) is 0 Å². The van der Waals surface area contributed by atoms with Gasteiger partial charge in [0.2, 0.25) is 0 Å². The van der Waals surface area contributed by atoms with Crippen molar-refractivity contribution in [3.63, 3.8) is 0 Å². The van der Waals surface area contributed by atoms with E-state index in [-0.39, 0.29) is 6.10 Å². The van der Waals surface area contributed by atoms with Crippen LogP contribution in [0.15, 0.2) is 5.16 Å². The predicted octanol–water partition coefficient (Wildman–Crippen LogP) is 1.19. The van der Waals surface area contributed by atoms with E-state index >= 15 is 0 Å². The first kappa shape index (κ1) is 7.54. The molecule has 1 aliphatic heterocycles. The SMILES string of the molecule is C/C=N/OC1CCOCC1. The average molecular weight is 143 g/mol. The summed E-state index contributed by atoms with van der Waals surface area (Å²) in [5, 5.41) is 3.71. The molecule has 1 aliphatic rings. The number of ether oxygens (including phenoxy) is 1. The van der Waals surface area contributed by atoms with Crippen molar-refractivity contribution < 1.29 is 9.57 Å². The van der Waals surface area contributed by atoms with Gasteiger partial charge >= 0.3 is 0 Å². The van der Waals surface area contributed by atoms with Gasteiger partial charge in [-0.25, -0.2) is 0 Å². The summed E-state index contributed by atoms with van der Waals surface area (Å²) in [7, 11) is 0. The molecule has 0 aromatic rings. The quantitative estimate of drug-likeness (QED) is 0.429. The molecule has 0 spiro atoms. The fraction of sp³-hybridized carbons (Fsp3) is 0.857. The second-order valence-electron chi connectivity index (χ2n) is 2.28. The molecule has 0 unspecified atom stereocenters. The Morgan fingerprint density at radius 1 is 1.50 bits per heavy atom. The van der Waals surface area contributed by atoms with Crippen molar-refractivity contribution in [1.29, 1.82) is 0 Å². The zero-order valence-electron chi connectivity index (χ0n) is 6.25. The Balaban J connectivity index is 2.13. The van der Waals surface area contributed by atoms with Crippen LogP contribution in [0.1, 0.15) is 19.8 Å². The fourth-order valence-corrected chi connectivity index (χ4v) is 0.928. The Morgan fingerprint density at radius 2 is 2.20 bits per heavy atom. The van der Waals surface area contributed by atoms with Crippen molar-refractivity contribution in [3.8, 4) is 0 Å². The van der Waals surface area contributed by atoms with Crippen molar-refractivity contribution >= 4 is 6.21 Å². The van der Waals surface area contributed by atoms with Crippen LogP contribution in [0.25, 0.3) is 0 Å². The second kappa shape index (κ2) is 4.28. The summed E-state index contributed by atoms with van der Waals surface area (Å²) in [5.41, 5.74) is 0. The minimum atomic E-state index is 0.282. The van der Waals surface area contributed by atoms with Gasteiger partial charge in [-0.3, -0.25) is 0 Å². The van der Waals surface area contributed by atoms with Crippen molar-refractivity contribution in [1.82, 2.24) is 0 Å². The van der Waals surface area contributed by atoms with E-state index in [1.807, 2.05) is 6.92 Å². The minimum Gasteiger partial charge on any atom is -0.393 e. The summed E-state index contributed by atoms with van der Waals surface area (Å²) in [6.07, 6.45) is 3.88. The standard InChI is InChI=1S/C7H13NO2/c1-2-8-10-7-3-5-9-6-4-7/h2,7H,3-6H2,1H3/b8-2+. The van der Waals surface area contributed by atoms with Crippen LogP contribution in [0.5, 0.6) is 0 Å². The van der Waals surface area contributed by atoms with Crippen LogP contribution in [0.4, 0.5) is 0 Å². The topological polar surface area (TPSA) is 30.8 Å². The Bertz CT molecular complexity index is 108. The van der Waals surface area contributed by atoms with Crippen molar-refractivity contribution in [3.05, 3.63) is 0 Å². The molecule has 10 heavy (non-hydrogen) atoms. The number of hydrogen-bond acceptors (Lipinski definition) is 3. The van der Waals surface area contributed by atoms with Gasteiger partial charge in [0.1, 0.15) is 6.10 Å². The van der Waals surface area contributed by atoms with Gasteiger partial charge in [-0.15, -0.1) is 0 Å². The number of hydrogen-bond donors (Lipinski definition) is 0. The maximum Gasteiger partial charge on any atom is 0.131 e. The van der Waals surface area contributed by atoms with E-state index in [4.69, 9.17) is 9.57 Å². The Hall–Kier alpha value is -0.570. The van der Waals surface area contributed by atoms with Gasteiger partial charge in [0.15, 0.2) is 0 Å². The normalized spacial score (nSPS) is 21.7. The summed E-state index contributed by atoms with van der Waals surface area (Å²) >= 11 is 0. The van der Waals surface area contributed by atoms with Crippen molar-refractivity contribution in [2.45, 2.75) is 25.9 Å². The number of nitrogens with zero attached hydrogens (tertiary/aromatic N) is 1. The van der Waals surface area contributed by atoms with E-state index < -0.39 is 0 Å². The van der Waals surface area contributed by atoms with Crippen LogP contribution in [-0.4, -0.2) is 25.5 Å². The van der Waals surface area contributed by atoms with Gasteiger partial charge in [-0.1, -0.05) is 5.16 Å². The summed E-state index contributed by atoms with van der Waals surface area (Å²) in [6.45, 7) is 3.47. The lowest BCUT2D eigenvalue weighted by Gasteiger charge is -2.19. The van der Waals surface area contributed by atoms with Gasteiger partial charge in [-0.2, -0.15) is 0 Å². The lowest BCUT2D eigenvalue weighted by Crippen LogP contribution is -2.21. The van der Waals surface area contributed by atoms with Crippen LogP contribution in [-0.2, 0) is 9.57 Å². The molecule has 0 N–H and O–H groups in total. The van der Waals surface area contributed by atoms with Crippen LogP contribution in [0.3, 0.4) is 0 Å². The minimum absolute atomic E-state index is 0.282. The molecule has 1 fully saturated rings. The summed E-state index contributed by atoms with van der Waals surface area (Å²) < 4.78 is 5.15. The van der Waals surface area contributed by atoms with E-state index in [1.54, 1.807) is 6.21 Å². The first-order valence-corrected chi connectivity index (χ1v) is 3.65. The summed E-state index contributed by atoms with van der Waals surface area (Å²) in [5.74, 6) is 0. The second-order valence-corrected chi connectivity index (χ2v) is 2.28. The Kier molecular flexibility index (Phi) is 3.22. The molecule has 0 bridgehead atoms. The third-order valence-corrected chi connectivity index (χ3v) is 1.48. The monoisotopic (exact) mass is 143 g/mol. The zero-order chi connectivity index (χ0) is 7.23. The zero-order valence-corrected chi connectivity index (χ0v) is 6.25. The van der Waals surface area contributed by atoms with Crippen molar-refractivity contribution in [2.24, 2.45) is 5.16 Å². The van der Waals surface area contributed by atoms with E-state index in [1.165, 1.54) is 0 Å². The molecule has 0 aromatic heterocycles. The van der Waals surface area contributed by atoms with E-state index in [9.17, 15) is 0 Å². The largest absolute Gasteiger partial charge is 0.393 e. The molecule has 1 saturated heterocycles. The van der Waals surface area contributed by atoms with Crippen LogP contribution in [0, 0.1) is 0 Å². The summed E-state index contributed by atoms with van der Waals surface area (Å²) in [4.78, 5) is 5.12. The van der Waals surface area contributed by atoms with E-state index in [2.05, 4.69) is 5.16 Å². The molecule has 1 rings (SSSR count). The fourth-order valence-electron chi connectivity index (χ4n) is 0.928. The highest BCUT2D eigenvalue weighted by Gasteiger charge is 2.13. The molecule has 0 atom stereocenters. The maximum atomic E-state index is 5.15. The van der Waals surface area contributed by atoms with Gasteiger partial charge in [0.05, 0.1) is 13.2 Å². The lowest BCUT2D eigenvalue weighted by atomic mass is 10.2. The maximum absolute atomic E-state index is 5.15. The first-order chi connectivity index (χ1) is 4.93. The molecule has 1 heterocycles. The molecular formula is C7H13NO2. The molecule has 0 amide bonds. The van der Waals surface area contributed by atoms with Gasteiger partial charge in [-0.05, 0) is 6.92 Å². The highest BCUT2D eigenvalue weighted by molar-refractivity contribution is 5.52.